The van der Waals surface area contributed by atoms with Gasteiger partial charge in [-0.3, -0.25) is 15.0 Å². The van der Waals surface area contributed by atoms with Gasteiger partial charge in [0.2, 0.25) is 0 Å². The summed E-state index contributed by atoms with van der Waals surface area (Å²) >= 11 is 3.51. The molecule has 7 nitrogen and oxygen atoms in total. The fourth-order valence-corrected chi connectivity index (χ4v) is 4.13. The van der Waals surface area contributed by atoms with Crippen molar-refractivity contribution < 1.29 is 23.8 Å². The van der Waals surface area contributed by atoms with Crippen LogP contribution >= 0.6 is 15.9 Å². The number of rotatable bonds is 8. The molecule has 0 radical (unpaired) electrons. The van der Waals surface area contributed by atoms with Crippen molar-refractivity contribution in [2.45, 2.75) is 13.8 Å². The fraction of sp³-hybridized carbons (Fsp3) is 0.185. The van der Waals surface area contributed by atoms with E-state index < -0.39 is 11.8 Å². The third kappa shape index (κ3) is 5.49. The van der Waals surface area contributed by atoms with Crippen LogP contribution in [0.2, 0.25) is 0 Å². The highest BCUT2D eigenvalue weighted by atomic mass is 79.9. The quantitative estimate of drug-likeness (QED) is 0.249. The number of nitrogens with zero attached hydrogens (tertiary/aromatic N) is 1. The molecule has 8 heteroatoms. The fourth-order valence-electron chi connectivity index (χ4n) is 3.55. The van der Waals surface area contributed by atoms with E-state index in [1.165, 1.54) is 29.3 Å². The Bertz CT molecular complexity index is 1290. The highest BCUT2D eigenvalue weighted by molar-refractivity contribution is 9.10. The molecule has 0 atom stereocenters. The van der Waals surface area contributed by atoms with E-state index in [1.807, 2.05) is 31.2 Å². The number of hydrazine groups is 1. The molecule has 1 aliphatic rings. The molecular formula is C27H25BrN2O5. The normalized spacial score (nSPS) is 14.3. The Balaban J connectivity index is 1.46. The zero-order valence-electron chi connectivity index (χ0n) is 19.6. The molecule has 1 saturated heterocycles. The van der Waals surface area contributed by atoms with Crippen LogP contribution in [0.25, 0.3) is 6.08 Å². The van der Waals surface area contributed by atoms with Gasteiger partial charge >= 0.3 is 0 Å². The van der Waals surface area contributed by atoms with E-state index in [0.717, 1.165) is 5.75 Å². The number of nitrogens with one attached hydrogen (secondary N) is 1. The van der Waals surface area contributed by atoms with E-state index in [2.05, 4.69) is 28.3 Å². The average molecular weight is 537 g/mol. The summed E-state index contributed by atoms with van der Waals surface area (Å²) in [7, 11) is 1.53. The third-order valence-electron chi connectivity index (χ3n) is 5.55. The summed E-state index contributed by atoms with van der Waals surface area (Å²) in [5.41, 5.74) is 6.19. The van der Waals surface area contributed by atoms with Crippen LogP contribution in [-0.4, -0.2) is 32.1 Å². The van der Waals surface area contributed by atoms with Crippen molar-refractivity contribution in [2.24, 2.45) is 0 Å². The summed E-state index contributed by atoms with van der Waals surface area (Å²) in [5, 5.41) is 1.23. The summed E-state index contributed by atoms with van der Waals surface area (Å²) in [6.07, 6.45) is 1.53. The number of carbonyl (C=O) groups excluding carboxylic acids is 2. The maximum Gasteiger partial charge on any atom is 0.282 e. The first-order chi connectivity index (χ1) is 16.9. The Kier molecular flexibility index (Phi) is 7.41. The van der Waals surface area contributed by atoms with Crippen molar-refractivity contribution in [3.63, 3.8) is 0 Å². The second-order valence-corrected chi connectivity index (χ2v) is 8.81. The number of amides is 2. The van der Waals surface area contributed by atoms with Crippen molar-refractivity contribution in [2.75, 3.05) is 25.3 Å². The van der Waals surface area contributed by atoms with Gasteiger partial charge in [-0.1, -0.05) is 24.3 Å². The third-order valence-corrected chi connectivity index (χ3v) is 6.13. The van der Waals surface area contributed by atoms with Crippen molar-refractivity contribution in [3.05, 3.63) is 87.4 Å². The lowest BCUT2D eigenvalue weighted by molar-refractivity contribution is -0.117. The molecule has 0 aromatic heterocycles. The second-order valence-electron chi connectivity index (χ2n) is 7.95. The van der Waals surface area contributed by atoms with Gasteiger partial charge in [0.25, 0.3) is 11.8 Å². The van der Waals surface area contributed by atoms with Crippen LogP contribution in [0.15, 0.2) is 70.7 Å². The Morgan fingerprint density at radius 2 is 1.69 bits per heavy atom. The van der Waals surface area contributed by atoms with Gasteiger partial charge in [-0.15, -0.1) is 0 Å². The molecule has 0 spiro atoms. The minimum Gasteiger partial charge on any atom is -0.493 e. The topological polar surface area (TPSA) is 77.1 Å². The summed E-state index contributed by atoms with van der Waals surface area (Å²) in [4.78, 5) is 25.3. The van der Waals surface area contributed by atoms with E-state index in [1.54, 1.807) is 36.4 Å². The predicted molar refractivity (Wildman–Crippen MR) is 138 cm³/mol. The maximum atomic E-state index is 12.9. The van der Waals surface area contributed by atoms with E-state index in [4.69, 9.17) is 14.2 Å². The molecule has 0 unspecified atom stereocenters. The number of carbonyl (C=O) groups is 2. The van der Waals surface area contributed by atoms with Crippen LogP contribution < -0.4 is 24.6 Å². The van der Waals surface area contributed by atoms with E-state index in [-0.39, 0.29) is 5.57 Å². The molecule has 1 N–H and O–H groups in total. The lowest BCUT2D eigenvalue weighted by atomic mass is 10.1. The van der Waals surface area contributed by atoms with Gasteiger partial charge in [0.05, 0.1) is 17.3 Å². The van der Waals surface area contributed by atoms with Gasteiger partial charge in [0.1, 0.15) is 24.5 Å². The Labute approximate surface area is 212 Å². The molecule has 35 heavy (non-hydrogen) atoms. The Morgan fingerprint density at radius 1 is 0.943 bits per heavy atom. The van der Waals surface area contributed by atoms with Crippen molar-refractivity contribution in [1.29, 1.82) is 0 Å². The van der Waals surface area contributed by atoms with Gasteiger partial charge < -0.3 is 14.2 Å². The molecule has 3 aromatic rings. The van der Waals surface area contributed by atoms with E-state index in [9.17, 15) is 9.59 Å². The van der Waals surface area contributed by atoms with Gasteiger partial charge in [-0.2, -0.15) is 0 Å². The molecule has 1 fully saturated rings. The predicted octanol–water partition coefficient (Wildman–Crippen LogP) is 4.99. The maximum absolute atomic E-state index is 12.9. The SMILES string of the molecule is COc1cc(/C=C2\C(=O)NN(c3ccccc3)C2=O)cc(Br)c1OCCOc1ccc(C)c(C)c1. The second kappa shape index (κ2) is 10.7. The zero-order valence-corrected chi connectivity index (χ0v) is 21.2. The number of aryl methyl sites for hydroxylation is 2. The molecule has 180 valence electrons. The Morgan fingerprint density at radius 3 is 2.40 bits per heavy atom. The van der Waals surface area contributed by atoms with Crippen molar-refractivity contribution >= 4 is 39.5 Å². The number of hydrogen-bond acceptors (Lipinski definition) is 5. The first-order valence-electron chi connectivity index (χ1n) is 11.0. The van der Waals surface area contributed by atoms with Gasteiger partial charge in [-0.25, -0.2) is 5.01 Å². The number of halogens is 1. The first kappa shape index (κ1) is 24.3. The monoisotopic (exact) mass is 536 g/mol. The minimum absolute atomic E-state index is 0.0262. The summed E-state index contributed by atoms with van der Waals surface area (Å²) < 4.78 is 17.8. The van der Waals surface area contributed by atoms with Crippen LogP contribution in [0, 0.1) is 13.8 Å². The van der Waals surface area contributed by atoms with Gasteiger partial charge in [-0.05, 0) is 88.9 Å². The number of benzene rings is 3. The molecule has 3 aromatic carbocycles. The molecule has 0 aliphatic carbocycles. The number of hydrogen-bond donors (Lipinski definition) is 1. The van der Waals surface area contributed by atoms with E-state index in [0.29, 0.717) is 40.4 Å². The zero-order chi connectivity index (χ0) is 24.9. The number of para-hydroxylation sites is 1. The van der Waals surface area contributed by atoms with Gasteiger partial charge in [0.15, 0.2) is 11.5 Å². The number of methoxy groups -OCH3 is 1. The van der Waals surface area contributed by atoms with Crippen molar-refractivity contribution in [1.82, 2.24) is 5.43 Å². The van der Waals surface area contributed by atoms with Gasteiger partial charge in [0, 0.05) is 0 Å². The highest BCUT2D eigenvalue weighted by Crippen LogP contribution is 2.37. The van der Waals surface area contributed by atoms with Crippen molar-refractivity contribution in [3.8, 4) is 17.2 Å². The van der Waals surface area contributed by atoms with Crippen LogP contribution in [0.5, 0.6) is 17.2 Å². The molecular weight excluding hydrogens is 512 g/mol. The molecule has 2 amide bonds. The van der Waals surface area contributed by atoms with Crippen LogP contribution in [0.1, 0.15) is 16.7 Å². The summed E-state index contributed by atoms with van der Waals surface area (Å²) in [6, 6.07) is 18.3. The van der Waals surface area contributed by atoms with Crippen LogP contribution in [0.3, 0.4) is 0 Å². The lowest BCUT2D eigenvalue weighted by Gasteiger charge is -2.15. The average Bonchev–Trinajstić information content (AvgIpc) is 3.13. The summed E-state index contributed by atoms with van der Waals surface area (Å²) in [6.45, 7) is 4.75. The Hall–Kier alpha value is -3.78. The number of anilines is 1. The molecule has 0 bridgehead atoms. The van der Waals surface area contributed by atoms with E-state index >= 15 is 0 Å². The molecule has 1 aliphatic heterocycles. The summed E-state index contributed by atoms with van der Waals surface area (Å²) in [5.74, 6) is 0.848. The highest BCUT2D eigenvalue weighted by Gasteiger charge is 2.34. The lowest BCUT2D eigenvalue weighted by Crippen LogP contribution is -2.35. The van der Waals surface area contributed by atoms with Crippen LogP contribution in [-0.2, 0) is 9.59 Å². The molecule has 1 heterocycles. The molecule has 0 saturated carbocycles. The number of ether oxygens (including phenoxy) is 3. The largest absolute Gasteiger partial charge is 0.493 e. The molecule has 4 rings (SSSR count). The smallest absolute Gasteiger partial charge is 0.282 e. The van der Waals surface area contributed by atoms with Crippen LogP contribution in [0.4, 0.5) is 5.69 Å². The minimum atomic E-state index is -0.474. The standard InChI is InChI=1S/C27H25BrN2O5/c1-17-9-10-21(13-18(17)2)34-11-12-35-25-23(28)15-19(16-24(25)33-3)14-22-26(31)29-30(27(22)32)20-7-5-4-6-8-20/h4-10,13-16H,11-12H2,1-3H3,(H,29,31)/b22-14+. The first-order valence-corrected chi connectivity index (χ1v) is 11.8.